The number of aromatic nitrogens is 2. The predicted molar refractivity (Wildman–Crippen MR) is 134 cm³/mol. The topological polar surface area (TPSA) is 78.7 Å². The highest BCUT2D eigenvalue weighted by atomic mass is 19.1. The van der Waals surface area contributed by atoms with Crippen LogP contribution in [0, 0.1) is 23.1 Å². The number of para-hydroxylation sites is 2. The number of aliphatic hydroxyl groups excluding tert-OH is 1. The van der Waals surface area contributed by atoms with Crippen molar-refractivity contribution in [2.45, 2.75) is 18.8 Å². The lowest BCUT2D eigenvalue weighted by atomic mass is 9.95. The quantitative estimate of drug-likeness (QED) is 0.425. The lowest BCUT2D eigenvalue weighted by molar-refractivity contribution is 0.146. The summed E-state index contributed by atoms with van der Waals surface area (Å²) in [5, 5.41) is 20.5. The van der Waals surface area contributed by atoms with Gasteiger partial charge in [-0.1, -0.05) is 18.2 Å². The van der Waals surface area contributed by atoms with Crippen LogP contribution in [0.4, 0.5) is 8.78 Å². The maximum Gasteiger partial charge on any atom is 0.226 e. The third-order valence-electron chi connectivity index (χ3n) is 6.99. The van der Waals surface area contributed by atoms with E-state index < -0.39 is 17.7 Å². The highest BCUT2D eigenvalue weighted by molar-refractivity contribution is 5.93. The van der Waals surface area contributed by atoms with Gasteiger partial charge in [-0.25, -0.2) is 8.78 Å². The van der Waals surface area contributed by atoms with Gasteiger partial charge in [-0.05, 0) is 49.0 Å². The van der Waals surface area contributed by atoms with Crippen LogP contribution in [0.5, 0.6) is 5.75 Å². The SMILES string of the molecule is CN1C[C@@H](O)[C@@H](n2c(=NC#N)n(C=C3c4ccc(F)cc4COc4cc(F)ccc43)c3ccccc32)C1. The molecule has 0 bridgehead atoms. The van der Waals surface area contributed by atoms with Gasteiger partial charge >= 0.3 is 0 Å². The molecular weight excluding hydrogens is 476 g/mol. The van der Waals surface area contributed by atoms with E-state index in [1.807, 2.05) is 53.2 Å². The van der Waals surface area contributed by atoms with Crippen LogP contribution in [-0.2, 0) is 6.61 Å². The second-order valence-corrected chi connectivity index (χ2v) is 9.37. The Balaban J connectivity index is 1.69. The molecule has 2 atom stereocenters. The van der Waals surface area contributed by atoms with Crippen molar-refractivity contribution in [3.05, 3.63) is 94.6 Å². The van der Waals surface area contributed by atoms with E-state index in [0.717, 1.165) is 16.6 Å². The van der Waals surface area contributed by atoms with E-state index in [4.69, 9.17) is 4.74 Å². The molecule has 3 heterocycles. The van der Waals surface area contributed by atoms with Crippen molar-refractivity contribution in [3.63, 3.8) is 0 Å². The van der Waals surface area contributed by atoms with Crippen molar-refractivity contribution in [3.8, 4) is 11.9 Å². The van der Waals surface area contributed by atoms with Crippen molar-refractivity contribution in [2.24, 2.45) is 4.99 Å². The first kappa shape index (κ1) is 23.2. The van der Waals surface area contributed by atoms with Gasteiger partial charge in [0.05, 0.1) is 23.2 Å². The van der Waals surface area contributed by atoms with Gasteiger partial charge in [0.25, 0.3) is 0 Å². The summed E-state index contributed by atoms with van der Waals surface area (Å²) in [5.74, 6) is -0.514. The Morgan fingerprint density at radius 3 is 2.49 bits per heavy atom. The van der Waals surface area contributed by atoms with E-state index in [2.05, 4.69) is 4.99 Å². The third kappa shape index (κ3) is 3.91. The van der Waals surface area contributed by atoms with E-state index in [-0.39, 0.29) is 12.6 Å². The molecule has 0 unspecified atom stereocenters. The largest absolute Gasteiger partial charge is 0.488 e. The maximum absolute atomic E-state index is 14.2. The summed E-state index contributed by atoms with van der Waals surface area (Å²) in [6, 6.07) is 16.1. The number of benzene rings is 3. The van der Waals surface area contributed by atoms with E-state index >= 15 is 0 Å². The number of likely N-dealkylation sites (N-methyl/N-ethyl adjacent to an activating group) is 1. The van der Waals surface area contributed by atoms with Gasteiger partial charge in [0.1, 0.15) is 24.0 Å². The first-order chi connectivity index (χ1) is 17.9. The number of fused-ring (bicyclic) bond motifs is 3. The first-order valence-electron chi connectivity index (χ1n) is 11.9. The summed E-state index contributed by atoms with van der Waals surface area (Å²) in [4.78, 5) is 6.21. The van der Waals surface area contributed by atoms with E-state index in [1.54, 1.807) is 16.7 Å². The molecular formula is C28H23F2N5O2. The molecule has 0 saturated carbocycles. The first-order valence-corrected chi connectivity index (χ1v) is 11.9. The molecule has 1 aromatic heterocycles. The molecule has 2 aliphatic rings. The number of hydrogen-bond donors (Lipinski definition) is 1. The normalized spacial score (nSPS) is 20.9. The van der Waals surface area contributed by atoms with Crippen LogP contribution in [0.2, 0.25) is 0 Å². The molecule has 2 aliphatic heterocycles. The Hall–Kier alpha value is -4.26. The Kier molecular flexibility index (Phi) is 5.63. The summed E-state index contributed by atoms with van der Waals surface area (Å²) >= 11 is 0. The highest BCUT2D eigenvalue weighted by Crippen LogP contribution is 2.38. The zero-order valence-electron chi connectivity index (χ0n) is 20.0. The predicted octanol–water partition coefficient (Wildman–Crippen LogP) is 3.89. The van der Waals surface area contributed by atoms with Crippen LogP contribution >= 0.6 is 0 Å². The fourth-order valence-electron chi connectivity index (χ4n) is 5.37. The number of aliphatic hydroxyl groups is 1. The number of ether oxygens (including phenoxy) is 1. The fourth-order valence-corrected chi connectivity index (χ4v) is 5.37. The Morgan fingerprint density at radius 1 is 1.03 bits per heavy atom. The number of rotatable bonds is 2. The Labute approximate surface area is 211 Å². The minimum absolute atomic E-state index is 0.0728. The van der Waals surface area contributed by atoms with Crippen LogP contribution in [0.15, 0.2) is 65.7 Å². The molecule has 186 valence electrons. The minimum atomic E-state index is -0.645. The van der Waals surface area contributed by atoms with Crippen molar-refractivity contribution in [1.82, 2.24) is 14.0 Å². The van der Waals surface area contributed by atoms with Crippen LogP contribution in [-0.4, -0.2) is 45.4 Å². The summed E-state index contributed by atoms with van der Waals surface area (Å²) in [7, 11) is 1.93. The fraction of sp³-hybridized carbons (Fsp3) is 0.214. The molecule has 1 fully saturated rings. The van der Waals surface area contributed by atoms with Crippen molar-refractivity contribution >= 4 is 22.8 Å². The van der Waals surface area contributed by atoms with E-state index in [9.17, 15) is 19.1 Å². The lowest BCUT2D eigenvalue weighted by Gasteiger charge is -2.16. The molecule has 37 heavy (non-hydrogen) atoms. The summed E-state index contributed by atoms with van der Waals surface area (Å²) < 4.78 is 37.9. The smallest absolute Gasteiger partial charge is 0.226 e. The summed E-state index contributed by atoms with van der Waals surface area (Å²) in [6.45, 7) is 1.16. The Morgan fingerprint density at radius 2 is 1.76 bits per heavy atom. The number of β-amino-alcohol motifs (C(OH)–C–C–N with tert-alkyl or cyclic N) is 1. The van der Waals surface area contributed by atoms with Gasteiger partial charge in [-0.2, -0.15) is 5.26 Å². The van der Waals surface area contributed by atoms with Crippen LogP contribution < -0.4 is 10.4 Å². The van der Waals surface area contributed by atoms with Gasteiger partial charge < -0.3 is 19.3 Å². The molecule has 4 aromatic rings. The second kappa shape index (κ2) is 9.00. The number of nitrogens with zero attached hydrogens (tertiary/aromatic N) is 5. The van der Waals surface area contributed by atoms with Crippen LogP contribution in [0.3, 0.4) is 0 Å². The lowest BCUT2D eigenvalue weighted by Crippen LogP contribution is -2.33. The Bertz CT molecular complexity index is 1620. The minimum Gasteiger partial charge on any atom is -0.488 e. The van der Waals surface area contributed by atoms with Crippen molar-refractivity contribution in [2.75, 3.05) is 20.1 Å². The summed E-state index contributed by atoms with van der Waals surface area (Å²) in [6.07, 6.45) is 3.09. The standard InChI is InChI=1S/C28H23F2N5O2/c1-33-13-25(26(36)14-33)35-24-5-3-2-4-23(24)34(28(35)32-16-31)12-22-20-8-6-18(29)10-17(20)15-37-27-11-19(30)7-9-21(22)27/h2-12,25-26,36H,13-15H2,1H3/t25-,26+/m0/s1. The number of halogens is 2. The van der Waals surface area contributed by atoms with Crippen LogP contribution in [0.25, 0.3) is 22.8 Å². The van der Waals surface area contributed by atoms with Gasteiger partial charge in [0.2, 0.25) is 11.8 Å². The molecule has 0 aliphatic carbocycles. The van der Waals surface area contributed by atoms with Gasteiger partial charge in [-0.15, -0.1) is 4.99 Å². The maximum atomic E-state index is 14.2. The molecule has 7 nitrogen and oxygen atoms in total. The zero-order valence-corrected chi connectivity index (χ0v) is 20.0. The second-order valence-electron chi connectivity index (χ2n) is 9.37. The number of imidazole rings is 1. The molecule has 6 rings (SSSR count). The van der Waals surface area contributed by atoms with E-state index in [0.29, 0.717) is 41.2 Å². The van der Waals surface area contributed by atoms with E-state index in [1.165, 1.54) is 24.3 Å². The molecule has 0 radical (unpaired) electrons. The van der Waals surface area contributed by atoms with Crippen molar-refractivity contribution in [1.29, 1.82) is 5.26 Å². The van der Waals surface area contributed by atoms with Gasteiger partial charge in [0, 0.05) is 42.1 Å². The summed E-state index contributed by atoms with van der Waals surface area (Å²) in [5.41, 5.74) is 4.53. The monoisotopic (exact) mass is 499 g/mol. The number of likely N-dealkylation sites (tertiary alicyclic amines) is 1. The highest BCUT2D eigenvalue weighted by Gasteiger charge is 2.33. The number of nitriles is 1. The molecule has 1 saturated heterocycles. The van der Waals surface area contributed by atoms with Crippen molar-refractivity contribution < 1.29 is 18.6 Å². The van der Waals surface area contributed by atoms with Gasteiger partial charge in [-0.3, -0.25) is 4.57 Å². The molecule has 9 heteroatoms. The molecule has 0 spiro atoms. The zero-order chi connectivity index (χ0) is 25.7. The molecule has 3 aromatic carbocycles. The molecule has 0 amide bonds. The third-order valence-corrected chi connectivity index (χ3v) is 6.99. The number of hydrogen-bond acceptors (Lipinski definition) is 5. The molecule has 1 N–H and O–H groups in total. The average molecular weight is 500 g/mol. The van der Waals surface area contributed by atoms with Crippen LogP contribution in [0.1, 0.15) is 22.7 Å². The average Bonchev–Trinajstić information content (AvgIpc) is 3.31. The van der Waals surface area contributed by atoms with Gasteiger partial charge in [0.15, 0.2) is 0 Å².